The van der Waals surface area contributed by atoms with Crippen LogP contribution < -0.4 is 15.1 Å². The molecule has 2 aromatic carbocycles. The normalized spacial score (nSPS) is 18.8. The molecule has 2 aliphatic heterocycles. The number of aryl methyl sites for hydroxylation is 4. The van der Waals surface area contributed by atoms with Crippen LogP contribution in [-0.4, -0.2) is 45.9 Å². The van der Waals surface area contributed by atoms with Crippen molar-refractivity contribution >= 4 is 11.6 Å². The lowest BCUT2D eigenvalue weighted by molar-refractivity contribution is -0.138. The van der Waals surface area contributed by atoms with Gasteiger partial charge in [-0.25, -0.2) is 0 Å². The Morgan fingerprint density at radius 3 is 2.34 bits per heavy atom. The van der Waals surface area contributed by atoms with Gasteiger partial charge in [0.25, 0.3) is 5.95 Å². The molecule has 1 saturated heterocycles. The number of hydrogen-bond acceptors (Lipinski definition) is 6. The van der Waals surface area contributed by atoms with Crippen LogP contribution in [0.5, 0.6) is 0 Å². The lowest BCUT2D eigenvalue weighted by atomic mass is 9.93. The third-order valence-corrected chi connectivity index (χ3v) is 7.74. The van der Waals surface area contributed by atoms with E-state index < -0.39 is 11.7 Å². The van der Waals surface area contributed by atoms with E-state index in [0.29, 0.717) is 18.2 Å². The zero-order valence-corrected chi connectivity index (χ0v) is 22.5. The Bertz CT molecular complexity index is 1260. The van der Waals surface area contributed by atoms with Crippen molar-refractivity contribution in [1.82, 2.24) is 25.5 Å². The van der Waals surface area contributed by atoms with Crippen LogP contribution in [0.1, 0.15) is 65.1 Å². The molecular formula is C28H36F3N7. The topological polar surface area (TPSA) is 62.1 Å². The molecule has 0 unspecified atom stereocenters. The van der Waals surface area contributed by atoms with Gasteiger partial charge >= 0.3 is 6.18 Å². The number of hydrogen-bond donors (Lipinski definition) is 1. The van der Waals surface area contributed by atoms with Crippen molar-refractivity contribution in [3.8, 4) is 0 Å². The molecule has 5 rings (SSSR count). The Kier molecular flexibility index (Phi) is 7.35. The molecule has 0 saturated carbocycles. The Hall–Kier alpha value is -3.14. The second kappa shape index (κ2) is 10.6. The maximum Gasteiger partial charge on any atom is 0.416 e. The van der Waals surface area contributed by atoms with Crippen molar-refractivity contribution in [3.63, 3.8) is 0 Å². The van der Waals surface area contributed by atoms with E-state index in [9.17, 15) is 13.2 Å². The minimum absolute atomic E-state index is 0.192. The SMILES string of the molecule is Cc1cc(C)cc(CN(c2nnn(C)n2)[C@H]2CCCN(C3CCNCC3)c3cc(C(F)(F)F)c(C)cc32)c1. The zero-order chi connectivity index (χ0) is 27.0. The molecule has 3 heterocycles. The fraction of sp³-hybridized carbons (Fsp3) is 0.536. The first-order valence-electron chi connectivity index (χ1n) is 13.4. The second-order valence-electron chi connectivity index (χ2n) is 10.8. The Morgan fingerprint density at radius 1 is 1.00 bits per heavy atom. The number of aromatic nitrogens is 4. The minimum atomic E-state index is -4.41. The van der Waals surface area contributed by atoms with Crippen LogP contribution in [0.2, 0.25) is 0 Å². The predicted molar refractivity (Wildman–Crippen MR) is 142 cm³/mol. The molecule has 0 amide bonds. The number of fused-ring (bicyclic) bond motifs is 1. The lowest BCUT2D eigenvalue weighted by Crippen LogP contribution is -2.44. The summed E-state index contributed by atoms with van der Waals surface area (Å²) in [5.41, 5.74) is 4.71. The number of piperidine rings is 1. The van der Waals surface area contributed by atoms with Crippen LogP contribution in [0, 0.1) is 20.8 Å². The molecule has 204 valence electrons. The third kappa shape index (κ3) is 5.50. The molecule has 1 fully saturated rings. The van der Waals surface area contributed by atoms with Crippen molar-refractivity contribution < 1.29 is 13.2 Å². The highest BCUT2D eigenvalue weighted by Gasteiger charge is 2.38. The van der Waals surface area contributed by atoms with Gasteiger partial charge in [-0.2, -0.15) is 18.0 Å². The Labute approximate surface area is 222 Å². The molecule has 1 aromatic heterocycles. The lowest BCUT2D eigenvalue weighted by Gasteiger charge is -2.38. The fourth-order valence-electron chi connectivity index (χ4n) is 6.16. The maximum atomic E-state index is 14.1. The number of anilines is 2. The van der Waals surface area contributed by atoms with Gasteiger partial charge in [0.15, 0.2) is 0 Å². The average Bonchev–Trinajstić information content (AvgIpc) is 3.19. The number of nitrogens with one attached hydrogen (secondary N) is 1. The van der Waals surface area contributed by atoms with Crippen LogP contribution in [-0.2, 0) is 19.8 Å². The predicted octanol–water partition coefficient (Wildman–Crippen LogP) is 5.25. The number of nitrogens with zero attached hydrogens (tertiary/aromatic N) is 6. The van der Waals surface area contributed by atoms with Gasteiger partial charge in [-0.3, -0.25) is 0 Å². The molecule has 7 nitrogen and oxygen atoms in total. The monoisotopic (exact) mass is 527 g/mol. The van der Waals surface area contributed by atoms with Gasteiger partial charge in [0.05, 0.1) is 18.7 Å². The van der Waals surface area contributed by atoms with Crippen molar-refractivity contribution in [2.24, 2.45) is 7.05 Å². The molecule has 0 spiro atoms. The highest BCUT2D eigenvalue weighted by atomic mass is 19.4. The molecule has 3 aromatic rings. The van der Waals surface area contributed by atoms with Gasteiger partial charge < -0.3 is 15.1 Å². The van der Waals surface area contributed by atoms with E-state index in [1.54, 1.807) is 20.0 Å². The van der Waals surface area contributed by atoms with Crippen LogP contribution in [0.3, 0.4) is 0 Å². The number of benzene rings is 2. The summed E-state index contributed by atoms with van der Waals surface area (Å²) in [5, 5.41) is 16.4. The second-order valence-corrected chi connectivity index (χ2v) is 10.8. The molecule has 1 atom stereocenters. The highest BCUT2D eigenvalue weighted by Crippen LogP contribution is 2.44. The Balaban J connectivity index is 1.64. The molecule has 2 aliphatic rings. The summed E-state index contributed by atoms with van der Waals surface area (Å²) in [7, 11) is 1.73. The van der Waals surface area contributed by atoms with Crippen LogP contribution >= 0.6 is 0 Å². The largest absolute Gasteiger partial charge is 0.416 e. The first-order valence-corrected chi connectivity index (χ1v) is 13.4. The maximum absolute atomic E-state index is 14.1. The smallest absolute Gasteiger partial charge is 0.368 e. The number of rotatable bonds is 5. The summed E-state index contributed by atoms with van der Waals surface area (Å²) in [5.74, 6) is 0.482. The molecule has 10 heteroatoms. The van der Waals surface area contributed by atoms with E-state index in [0.717, 1.165) is 67.6 Å². The minimum Gasteiger partial charge on any atom is -0.368 e. The highest BCUT2D eigenvalue weighted by molar-refractivity contribution is 5.62. The van der Waals surface area contributed by atoms with E-state index in [4.69, 9.17) is 0 Å². The van der Waals surface area contributed by atoms with Crippen molar-refractivity contribution in [2.75, 3.05) is 29.4 Å². The molecule has 1 N–H and O–H groups in total. The molecule has 0 aliphatic carbocycles. The summed E-state index contributed by atoms with van der Waals surface area (Å²) in [4.78, 5) is 5.80. The standard InChI is InChI=1S/C28H36F3N7/c1-18-12-19(2)14-21(13-18)17-38(27-33-35-36(4)34-27)25-6-5-11-37(22-7-9-32-10-8-22)26-16-24(28(29,30)31)20(3)15-23(25)26/h12-16,22,25,32H,5-11,17H2,1-4H3/t25-/m0/s1. The number of tetrazole rings is 1. The molecule has 38 heavy (non-hydrogen) atoms. The van der Waals surface area contributed by atoms with Gasteiger partial charge in [0, 0.05) is 24.8 Å². The van der Waals surface area contributed by atoms with Crippen molar-refractivity contribution in [2.45, 2.75) is 71.3 Å². The molecular weight excluding hydrogens is 491 g/mol. The van der Waals surface area contributed by atoms with Crippen molar-refractivity contribution in [3.05, 3.63) is 63.7 Å². The third-order valence-electron chi connectivity index (χ3n) is 7.74. The van der Waals surface area contributed by atoms with E-state index >= 15 is 0 Å². The summed E-state index contributed by atoms with van der Waals surface area (Å²) in [6.07, 6.45) is -0.948. The number of halogens is 3. The van der Waals surface area contributed by atoms with E-state index in [2.05, 4.69) is 62.6 Å². The number of alkyl halides is 3. The molecule has 0 bridgehead atoms. The first kappa shape index (κ1) is 26.5. The zero-order valence-electron chi connectivity index (χ0n) is 22.5. The van der Waals surface area contributed by atoms with E-state index in [-0.39, 0.29) is 17.6 Å². The fourth-order valence-corrected chi connectivity index (χ4v) is 6.16. The molecule has 0 radical (unpaired) electrons. The van der Waals surface area contributed by atoms with Gasteiger partial charge in [0.2, 0.25) is 0 Å². The first-order chi connectivity index (χ1) is 18.1. The van der Waals surface area contributed by atoms with Gasteiger partial charge in [-0.15, -0.1) is 5.10 Å². The Morgan fingerprint density at radius 2 is 1.71 bits per heavy atom. The summed E-state index contributed by atoms with van der Waals surface area (Å²) in [6, 6.07) is 9.59. The van der Waals surface area contributed by atoms with E-state index in [1.807, 2.05) is 0 Å². The van der Waals surface area contributed by atoms with Gasteiger partial charge in [0.1, 0.15) is 0 Å². The van der Waals surface area contributed by atoms with Crippen LogP contribution in [0.15, 0.2) is 30.3 Å². The van der Waals surface area contributed by atoms with Crippen molar-refractivity contribution in [1.29, 1.82) is 0 Å². The summed E-state index contributed by atoms with van der Waals surface area (Å²) in [6.45, 7) is 8.71. The van der Waals surface area contributed by atoms with Crippen LogP contribution in [0.25, 0.3) is 0 Å². The average molecular weight is 528 g/mol. The van der Waals surface area contributed by atoms with Gasteiger partial charge in [-0.05, 0) is 87.5 Å². The van der Waals surface area contributed by atoms with E-state index in [1.165, 1.54) is 10.9 Å². The summed E-state index contributed by atoms with van der Waals surface area (Å²) < 4.78 is 42.3. The quantitative estimate of drug-likeness (QED) is 0.489. The van der Waals surface area contributed by atoms with Crippen LogP contribution in [0.4, 0.5) is 24.8 Å². The van der Waals surface area contributed by atoms with Gasteiger partial charge in [-0.1, -0.05) is 40.5 Å². The summed E-state index contributed by atoms with van der Waals surface area (Å²) >= 11 is 0.